The van der Waals surface area contributed by atoms with Crippen molar-refractivity contribution in [1.29, 1.82) is 0 Å². The van der Waals surface area contributed by atoms with Crippen LogP contribution in [0.1, 0.15) is 18.9 Å². The van der Waals surface area contributed by atoms with Crippen molar-refractivity contribution in [3.8, 4) is 0 Å². The number of rotatable bonds is 2. The van der Waals surface area contributed by atoms with Gasteiger partial charge < -0.3 is 0 Å². The SMILES string of the molecule is CCCc1cccc2c(F)cccc12. The fourth-order valence-electron chi connectivity index (χ4n) is 1.82. The summed E-state index contributed by atoms with van der Waals surface area (Å²) in [7, 11) is 0. The fraction of sp³-hybridized carbons (Fsp3) is 0.231. The zero-order valence-corrected chi connectivity index (χ0v) is 8.26. The van der Waals surface area contributed by atoms with Gasteiger partial charge in [-0.05, 0) is 23.4 Å². The molecule has 2 aromatic rings. The highest BCUT2D eigenvalue weighted by Gasteiger charge is 2.02. The normalized spacial score (nSPS) is 10.7. The first-order valence-electron chi connectivity index (χ1n) is 4.99. The van der Waals surface area contributed by atoms with Crippen LogP contribution in [-0.2, 0) is 6.42 Å². The van der Waals surface area contributed by atoms with E-state index in [0.717, 1.165) is 23.6 Å². The third-order valence-electron chi connectivity index (χ3n) is 2.48. The molecule has 72 valence electrons. The van der Waals surface area contributed by atoms with Gasteiger partial charge in [-0.2, -0.15) is 0 Å². The first-order chi connectivity index (χ1) is 6.83. The van der Waals surface area contributed by atoms with Crippen LogP contribution in [0.2, 0.25) is 0 Å². The number of aryl methyl sites for hydroxylation is 1. The van der Waals surface area contributed by atoms with Crippen molar-refractivity contribution in [2.45, 2.75) is 19.8 Å². The van der Waals surface area contributed by atoms with E-state index in [2.05, 4.69) is 13.0 Å². The molecular weight excluding hydrogens is 175 g/mol. The maximum absolute atomic E-state index is 13.4. The standard InChI is InChI=1S/C13H13F/c1-2-5-10-6-3-8-12-11(10)7-4-9-13(12)14/h3-4,6-9H,2,5H2,1H3. The Bertz CT molecular complexity index is 446. The van der Waals surface area contributed by atoms with E-state index >= 15 is 0 Å². The average molecular weight is 188 g/mol. The van der Waals surface area contributed by atoms with Gasteiger partial charge >= 0.3 is 0 Å². The molecule has 2 rings (SSSR count). The largest absolute Gasteiger partial charge is 0.206 e. The lowest BCUT2D eigenvalue weighted by Crippen LogP contribution is -1.87. The van der Waals surface area contributed by atoms with Crippen LogP contribution in [0.25, 0.3) is 10.8 Å². The number of hydrogen-bond donors (Lipinski definition) is 0. The van der Waals surface area contributed by atoms with Crippen LogP contribution < -0.4 is 0 Å². The summed E-state index contributed by atoms with van der Waals surface area (Å²) in [6.07, 6.45) is 2.11. The monoisotopic (exact) mass is 188 g/mol. The molecule has 0 atom stereocenters. The molecule has 0 saturated heterocycles. The van der Waals surface area contributed by atoms with Crippen LogP contribution >= 0.6 is 0 Å². The van der Waals surface area contributed by atoms with E-state index in [9.17, 15) is 4.39 Å². The summed E-state index contributed by atoms with van der Waals surface area (Å²) in [5.41, 5.74) is 1.24. The zero-order chi connectivity index (χ0) is 9.97. The highest BCUT2D eigenvalue weighted by molar-refractivity contribution is 5.86. The van der Waals surface area contributed by atoms with E-state index in [0.29, 0.717) is 0 Å². The van der Waals surface area contributed by atoms with Crippen LogP contribution in [0.4, 0.5) is 4.39 Å². The van der Waals surface area contributed by atoms with Gasteiger partial charge in [-0.3, -0.25) is 0 Å². The van der Waals surface area contributed by atoms with Gasteiger partial charge in [-0.1, -0.05) is 43.7 Å². The van der Waals surface area contributed by atoms with E-state index in [4.69, 9.17) is 0 Å². The molecule has 0 aromatic heterocycles. The van der Waals surface area contributed by atoms with Gasteiger partial charge in [0.15, 0.2) is 0 Å². The highest BCUT2D eigenvalue weighted by Crippen LogP contribution is 2.22. The second-order valence-corrected chi connectivity index (χ2v) is 3.50. The van der Waals surface area contributed by atoms with E-state index < -0.39 is 0 Å². The van der Waals surface area contributed by atoms with Crippen molar-refractivity contribution in [1.82, 2.24) is 0 Å². The maximum Gasteiger partial charge on any atom is 0.131 e. The Morgan fingerprint density at radius 3 is 2.50 bits per heavy atom. The number of fused-ring (bicyclic) bond motifs is 1. The summed E-state index contributed by atoms with van der Waals surface area (Å²) in [5, 5.41) is 1.79. The number of halogens is 1. The van der Waals surface area contributed by atoms with E-state index in [-0.39, 0.29) is 5.82 Å². The predicted molar refractivity (Wildman–Crippen MR) is 57.9 cm³/mol. The van der Waals surface area contributed by atoms with Gasteiger partial charge in [0.1, 0.15) is 5.82 Å². The second kappa shape index (κ2) is 3.79. The minimum absolute atomic E-state index is 0.125. The Morgan fingerprint density at radius 1 is 1.00 bits per heavy atom. The molecule has 0 heterocycles. The lowest BCUT2D eigenvalue weighted by Gasteiger charge is -2.05. The van der Waals surface area contributed by atoms with E-state index in [1.54, 1.807) is 6.07 Å². The summed E-state index contributed by atoms with van der Waals surface area (Å²) in [6.45, 7) is 2.14. The van der Waals surface area contributed by atoms with Crippen molar-refractivity contribution < 1.29 is 4.39 Å². The molecule has 1 heteroatoms. The van der Waals surface area contributed by atoms with E-state index in [1.807, 2.05) is 18.2 Å². The third-order valence-corrected chi connectivity index (χ3v) is 2.48. The first-order valence-corrected chi connectivity index (χ1v) is 4.99. The van der Waals surface area contributed by atoms with Crippen LogP contribution in [-0.4, -0.2) is 0 Å². The molecular formula is C13H13F. The Morgan fingerprint density at radius 2 is 1.71 bits per heavy atom. The molecule has 0 fully saturated rings. The summed E-state index contributed by atoms with van der Waals surface area (Å²) >= 11 is 0. The van der Waals surface area contributed by atoms with Crippen LogP contribution in [0, 0.1) is 5.82 Å². The average Bonchev–Trinajstić information content (AvgIpc) is 2.20. The number of hydrogen-bond acceptors (Lipinski definition) is 0. The van der Waals surface area contributed by atoms with Crippen molar-refractivity contribution in [2.75, 3.05) is 0 Å². The second-order valence-electron chi connectivity index (χ2n) is 3.50. The van der Waals surface area contributed by atoms with E-state index in [1.165, 1.54) is 11.6 Å². The minimum Gasteiger partial charge on any atom is -0.206 e. The molecule has 0 spiro atoms. The molecule has 0 aliphatic rings. The molecule has 14 heavy (non-hydrogen) atoms. The quantitative estimate of drug-likeness (QED) is 0.669. The molecule has 0 aliphatic heterocycles. The first kappa shape index (κ1) is 9.20. The fourth-order valence-corrected chi connectivity index (χ4v) is 1.82. The van der Waals surface area contributed by atoms with Crippen molar-refractivity contribution >= 4 is 10.8 Å². The molecule has 0 N–H and O–H groups in total. The Kier molecular flexibility index (Phi) is 2.49. The maximum atomic E-state index is 13.4. The molecule has 2 aromatic carbocycles. The minimum atomic E-state index is -0.125. The third kappa shape index (κ3) is 1.50. The molecule has 0 radical (unpaired) electrons. The Hall–Kier alpha value is -1.37. The van der Waals surface area contributed by atoms with Crippen molar-refractivity contribution in [2.24, 2.45) is 0 Å². The van der Waals surface area contributed by atoms with Crippen LogP contribution in [0.3, 0.4) is 0 Å². The number of benzene rings is 2. The van der Waals surface area contributed by atoms with Gasteiger partial charge in [0.05, 0.1) is 0 Å². The van der Waals surface area contributed by atoms with Gasteiger partial charge in [-0.15, -0.1) is 0 Å². The van der Waals surface area contributed by atoms with Crippen molar-refractivity contribution in [3.63, 3.8) is 0 Å². The predicted octanol–water partition coefficient (Wildman–Crippen LogP) is 3.93. The smallest absolute Gasteiger partial charge is 0.131 e. The summed E-state index contributed by atoms with van der Waals surface area (Å²) < 4.78 is 13.4. The molecule has 0 nitrogen and oxygen atoms in total. The lowest BCUT2D eigenvalue weighted by molar-refractivity contribution is 0.640. The molecule has 0 unspecified atom stereocenters. The van der Waals surface area contributed by atoms with Gasteiger partial charge in [0.25, 0.3) is 0 Å². The van der Waals surface area contributed by atoms with Crippen LogP contribution in [0.15, 0.2) is 36.4 Å². The molecule has 0 aliphatic carbocycles. The Balaban J connectivity index is 2.68. The zero-order valence-electron chi connectivity index (χ0n) is 8.26. The summed E-state index contributed by atoms with van der Waals surface area (Å²) in [5.74, 6) is -0.125. The van der Waals surface area contributed by atoms with Gasteiger partial charge in [-0.25, -0.2) is 4.39 Å². The molecule has 0 bridgehead atoms. The topological polar surface area (TPSA) is 0 Å². The summed E-state index contributed by atoms with van der Waals surface area (Å²) in [4.78, 5) is 0. The summed E-state index contributed by atoms with van der Waals surface area (Å²) in [6, 6.07) is 11.1. The lowest BCUT2D eigenvalue weighted by atomic mass is 10.0. The van der Waals surface area contributed by atoms with Crippen LogP contribution in [0.5, 0.6) is 0 Å². The van der Waals surface area contributed by atoms with Crippen molar-refractivity contribution in [3.05, 3.63) is 47.8 Å². The van der Waals surface area contributed by atoms with Gasteiger partial charge in [0.2, 0.25) is 0 Å². The van der Waals surface area contributed by atoms with Gasteiger partial charge in [0, 0.05) is 5.39 Å². The molecule has 0 amide bonds. The highest BCUT2D eigenvalue weighted by atomic mass is 19.1. The Labute approximate surface area is 83.4 Å². The molecule has 0 saturated carbocycles.